The molecule has 25 heavy (non-hydrogen) atoms. The van der Waals surface area contributed by atoms with Crippen molar-refractivity contribution in [1.29, 1.82) is 0 Å². The van der Waals surface area contributed by atoms with Crippen LogP contribution in [-0.4, -0.2) is 61.1 Å². The number of carbonyl (C=O) groups excluding carboxylic acids is 1. The molecule has 5 atom stereocenters. The Morgan fingerprint density at radius 2 is 2.00 bits per heavy atom. The molecule has 0 aromatic heterocycles. The van der Waals surface area contributed by atoms with Gasteiger partial charge in [-0.05, 0) is 26.2 Å². The van der Waals surface area contributed by atoms with Gasteiger partial charge < -0.3 is 14.2 Å². The molecule has 1 saturated carbocycles. The summed E-state index contributed by atoms with van der Waals surface area (Å²) in [4.78, 5) is 11.5. The first-order valence-electron chi connectivity index (χ1n) is 9.03. The largest absolute Gasteiger partial charge is 0.435 e. The van der Waals surface area contributed by atoms with Crippen LogP contribution in [0.2, 0.25) is 0 Å². The fourth-order valence-corrected chi connectivity index (χ4v) is 7.33. The molecule has 0 spiro atoms. The molecule has 0 N–H and O–H groups in total. The quantitative estimate of drug-likeness (QED) is 0.412. The van der Waals surface area contributed by atoms with E-state index in [9.17, 15) is 13.2 Å². The Hall–Kier alpha value is -0.960. The maximum Gasteiger partial charge on any atom is 0.335 e. The molecule has 2 bridgehead atoms. The van der Waals surface area contributed by atoms with Crippen LogP contribution in [0.4, 0.5) is 0 Å². The van der Waals surface area contributed by atoms with Crippen molar-refractivity contribution in [3.63, 3.8) is 0 Å². The molecule has 8 heteroatoms. The SMILES string of the molecule is C=C(C)C(=O)OCOC1C2CC3C(O2)C1N(C1CCCCC1)S3(=O)=O. The van der Waals surface area contributed by atoms with E-state index < -0.39 is 21.2 Å². The van der Waals surface area contributed by atoms with Crippen molar-refractivity contribution in [3.05, 3.63) is 12.2 Å². The molecule has 3 heterocycles. The third kappa shape index (κ3) is 2.74. The summed E-state index contributed by atoms with van der Waals surface area (Å²) in [5.41, 5.74) is 0.306. The lowest BCUT2D eigenvalue weighted by molar-refractivity contribution is -0.160. The molecule has 4 rings (SSSR count). The lowest BCUT2D eigenvalue weighted by Crippen LogP contribution is -2.50. The monoisotopic (exact) mass is 371 g/mol. The van der Waals surface area contributed by atoms with Crippen LogP contribution >= 0.6 is 0 Å². The highest BCUT2D eigenvalue weighted by Gasteiger charge is 2.69. The Balaban J connectivity index is 1.51. The third-order valence-corrected chi connectivity index (χ3v) is 8.26. The van der Waals surface area contributed by atoms with Gasteiger partial charge in [-0.2, -0.15) is 4.31 Å². The summed E-state index contributed by atoms with van der Waals surface area (Å²) in [7, 11) is -3.35. The van der Waals surface area contributed by atoms with Gasteiger partial charge in [0.2, 0.25) is 10.0 Å². The van der Waals surface area contributed by atoms with E-state index in [4.69, 9.17) is 14.2 Å². The van der Waals surface area contributed by atoms with Crippen molar-refractivity contribution in [2.45, 2.75) is 81.1 Å². The van der Waals surface area contributed by atoms with Crippen LogP contribution in [0, 0.1) is 0 Å². The summed E-state index contributed by atoms with van der Waals surface area (Å²) >= 11 is 0. The standard InChI is InChI=1S/C17H25NO6S/c1-10(2)17(19)23-9-22-15-12-8-13-16(24-12)14(15)18(25(13,20)21)11-6-4-3-5-7-11/h11-16H,1,3-9H2,2H3. The van der Waals surface area contributed by atoms with Crippen molar-refractivity contribution in [2.24, 2.45) is 0 Å². The fourth-order valence-electron chi connectivity index (χ4n) is 4.82. The number of ether oxygens (including phenoxy) is 3. The van der Waals surface area contributed by atoms with Crippen molar-refractivity contribution in [2.75, 3.05) is 6.79 Å². The molecule has 4 fully saturated rings. The van der Waals surface area contributed by atoms with E-state index in [-0.39, 0.29) is 37.2 Å². The van der Waals surface area contributed by atoms with Crippen LogP contribution < -0.4 is 0 Å². The number of esters is 1. The molecule has 0 radical (unpaired) electrons. The van der Waals surface area contributed by atoms with Gasteiger partial charge in [-0.25, -0.2) is 13.2 Å². The predicted octanol–water partition coefficient (Wildman–Crippen LogP) is 1.33. The van der Waals surface area contributed by atoms with Gasteiger partial charge >= 0.3 is 5.97 Å². The van der Waals surface area contributed by atoms with Crippen LogP contribution in [0.5, 0.6) is 0 Å². The highest BCUT2D eigenvalue weighted by atomic mass is 32.2. The molecule has 0 amide bonds. The highest BCUT2D eigenvalue weighted by Crippen LogP contribution is 2.51. The number of carbonyl (C=O) groups is 1. The number of fused-ring (bicyclic) bond motifs is 1. The van der Waals surface area contributed by atoms with Crippen LogP contribution in [0.1, 0.15) is 45.4 Å². The van der Waals surface area contributed by atoms with E-state index in [0.29, 0.717) is 12.0 Å². The first kappa shape index (κ1) is 17.5. The smallest absolute Gasteiger partial charge is 0.335 e. The second kappa shape index (κ2) is 6.33. The number of hydrogen-bond acceptors (Lipinski definition) is 6. The number of hydrogen-bond donors (Lipinski definition) is 0. The second-order valence-corrected chi connectivity index (χ2v) is 9.59. The Labute approximate surface area is 148 Å². The second-order valence-electron chi connectivity index (χ2n) is 7.53. The number of sulfonamides is 1. The molecule has 5 unspecified atom stereocenters. The summed E-state index contributed by atoms with van der Waals surface area (Å²) in [6.45, 7) is 4.90. The summed E-state index contributed by atoms with van der Waals surface area (Å²) in [6.07, 6.45) is 4.61. The maximum absolute atomic E-state index is 13.0. The van der Waals surface area contributed by atoms with Gasteiger partial charge in [0.25, 0.3) is 0 Å². The molecule has 140 valence electrons. The van der Waals surface area contributed by atoms with Crippen LogP contribution in [0.3, 0.4) is 0 Å². The zero-order valence-electron chi connectivity index (χ0n) is 14.4. The third-order valence-electron chi connectivity index (χ3n) is 5.91. The Morgan fingerprint density at radius 3 is 2.68 bits per heavy atom. The highest BCUT2D eigenvalue weighted by molar-refractivity contribution is 7.90. The molecule has 1 aliphatic carbocycles. The van der Waals surface area contributed by atoms with Crippen molar-refractivity contribution >= 4 is 16.0 Å². The molecule has 7 nitrogen and oxygen atoms in total. The fraction of sp³-hybridized carbons (Fsp3) is 0.824. The topological polar surface area (TPSA) is 82.1 Å². The van der Waals surface area contributed by atoms with Gasteiger partial charge in [0.15, 0.2) is 6.79 Å². The number of rotatable bonds is 5. The predicted molar refractivity (Wildman–Crippen MR) is 89.1 cm³/mol. The van der Waals surface area contributed by atoms with Gasteiger partial charge in [-0.3, -0.25) is 0 Å². The van der Waals surface area contributed by atoms with E-state index >= 15 is 0 Å². The van der Waals surface area contributed by atoms with Gasteiger partial charge in [0.05, 0.1) is 18.2 Å². The Bertz CT molecular complexity index is 671. The zero-order valence-corrected chi connectivity index (χ0v) is 15.2. The summed E-state index contributed by atoms with van der Waals surface area (Å²) in [6, 6.07) is -0.249. The summed E-state index contributed by atoms with van der Waals surface area (Å²) in [5.74, 6) is -0.509. The molecular formula is C17H25NO6S. The van der Waals surface area contributed by atoms with Crippen LogP contribution in [0.15, 0.2) is 12.2 Å². The molecule has 3 saturated heterocycles. The van der Waals surface area contributed by atoms with Gasteiger partial charge in [-0.1, -0.05) is 25.8 Å². The molecule has 3 aliphatic heterocycles. The summed E-state index contributed by atoms with van der Waals surface area (Å²) in [5, 5.41) is -0.442. The first-order chi connectivity index (χ1) is 11.9. The van der Waals surface area contributed by atoms with E-state index in [1.807, 2.05) is 0 Å². The van der Waals surface area contributed by atoms with E-state index in [1.165, 1.54) is 0 Å². The molecule has 0 aromatic rings. The van der Waals surface area contributed by atoms with E-state index in [0.717, 1.165) is 32.1 Å². The maximum atomic E-state index is 13.0. The zero-order chi connectivity index (χ0) is 17.8. The lowest BCUT2D eigenvalue weighted by atomic mass is 9.89. The number of nitrogens with zero attached hydrogens (tertiary/aromatic N) is 1. The average Bonchev–Trinajstić information content (AvgIpc) is 3.19. The Kier molecular flexibility index (Phi) is 4.42. The first-order valence-corrected chi connectivity index (χ1v) is 10.5. The van der Waals surface area contributed by atoms with Crippen molar-refractivity contribution in [1.82, 2.24) is 4.31 Å². The minimum atomic E-state index is -3.35. The molecule has 0 aromatic carbocycles. The van der Waals surface area contributed by atoms with Gasteiger partial charge in [0, 0.05) is 11.6 Å². The minimum absolute atomic E-state index is 0.0424. The van der Waals surface area contributed by atoms with E-state index in [1.54, 1.807) is 11.2 Å². The van der Waals surface area contributed by atoms with Gasteiger partial charge in [0.1, 0.15) is 11.4 Å². The van der Waals surface area contributed by atoms with Crippen LogP contribution in [0.25, 0.3) is 0 Å². The van der Waals surface area contributed by atoms with E-state index in [2.05, 4.69) is 6.58 Å². The summed E-state index contributed by atoms with van der Waals surface area (Å²) < 4.78 is 44.5. The molecule has 4 aliphatic rings. The van der Waals surface area contributed by atoms with Gasteiger partial charge in [-0.15, -0.1) is 0 Å². The van der Waals surface area contributed by atoms with Crippen LogP contribution in [-0.2, 0) is 29.0 Å². The van der Waals surface area contributed by atoms with Crippen molar-refractivity contribution in [3.8, 4) is 0 Å². The lowest BCUT2D eigenvalue weighted by Gasteiger charge is -2.35. The molecular weight excluding hydrogens is 346 g/mol. The average molecular weight is 371 g/mol. The Morgan fingerprint density at radius 1 is 1.28 bits per heavy atom. The van der Waals surface area contributed by atoms with Crippen molar-refractivity contribution < 1.29 is 27.4 Å². The normalized spacial score (nSPS) is 39.6. The minimum Gasteiger partial charge on any atom is -0.435 e.